The van der Waals surface area contributed by atoms with E-state index in [1.165, 1.54) is 12.1 Å². The lowest BCUT2D eigenvalue weighted by molar-refractivity contribution is -0.385. The highest BCUT2D eigenvalue weighted by Gasteiger charge is 2.15. The van der Waals surface area contributed by atoms with Gasteiger partial charge in [0.05, 0.1) is 16.6 Å². The number of phenols is 1. The number of carbonyl (C=O) groups is 1. The number of nitrogens with one attached hydrogen (secondary N) is 1. The van der Waals surface area contributed by atoms with Crippen molar-refractivity contribution >= 4 is 17.9 Å². The van der Waals surface area contributed by atoms with Gasteiger partial charge < -0.3 is 15.2 Å². The van der Waals surface area contributed by atoms with Gasteiger partial charge in [0, 0.05) is 6.54 Å². The summed E-state index contributed by atoms with van der Waals surface area (Å²) in [7, 11) is 0. The number of ether oxygens (including phenoxy) is 1. The first-order chi connectivity index (χ1) is 10.2. The fourth-order valence-electron chi connectivity index (χ4n) is 1.61. The summed E-state index contributed by atoms with van der Waals surface area (Å²) in [5, 5.41) is 22.7. The van der Waals surface area contributed by atoms with Crippen LogP contribution in [-0.2, 0) is 4.74 Å². The van der Waals surface area contributed by atoms with Crippen molar-refractivity contribution in [3.63, 3.8) is 0 Å². The van der Waals surface area contributed by atoms with E-state index in [0.717, 1.165) is 6.07 Å². The highest BCUT2D eigenvalue weighted by Crippen LogP contribution is 2.24. The molecular weight excluding hydrogens is 288 g/mol. The molecule has 7 nitrogen and oxygen atoms in total. The minimum Gasteiger partial charge on any atom is -0.508 e. The molecule has 0 aromatic heterocycles. The number of nitro groups is 1. The molecule has 0 radical (unpaired) electrons. The van der Waals surface area contributed by atoms with E-state index in [2.05, 4.69) is 5.32 Å². The van der Waals surface area contributed by atoms with Gasteiger partial charge >= 0.3 is 6.09 Å². The van der Waals surface area contributed by atoms with Crippen LogP contribution in [-0.4, -0.2) is 28.3 Å². The van der Waals surface area contributed by atoms with Gasteiger partial charge in [0.2, 0.25) is 0 Å². The van der Waals surface area contributed by atoms with Gasteiger partial charge in [-0.3, -0.25) is 10.1 Å². The first-order valence-electron chi connectivity index (χ1n) is 6.80. The van der Waals surface area contributed by atoms with E-state index in [1.807, 2.05) is 0 Å². The van der Waals surface area contributed by atoms with Crippen LogP contribution in [0.1, 0.15) is 32.8 Å². The Hall–Kier alpha value is -2.57. The van der Waals surface area contributed by atoms with Crippen molar-refractivity contribution in [3.8, 4) is 5.75 Å². The van der Waals surface area contributed by atoms with Gasteiger partial charge in [-0.1, -0.05) is 12.2 Å². The number of amides is 1. The van der Waals surface area contributed by atoms with Gasteiger partial charge in [0.15, 0.2) is 0 Å². The summed E-state index contributed by atoms with van der Waals surface area (Å²) in [6.07, 6.45) is 3.28. The summed E-state index contributed by atoms with van der Waals surface area (Å²) in [6, 6.07) is 3.94. The Kier molecular flexibility index (Phi) is 5.91. The zero-order valence-electron chi connectivity index (χ0n) is 12.8. The molecule has 0 bridgehead atoms. The Morgan fingerprint density at radius 1 is 1.45 bits per heavy atom. The van der Waals surface area contributed by atoms with Crippen LogP contribution in [0.3, 0.4) is 0 Å². The van der Waals surface area contributed by atoms with Crippen LogP contribution >= 0.6 is 0 Å². The van der Waals surface area contributed by atoms with Crippen LogP contribution in [0.2, 0.25) is 0 Å². The molecule has 7 heteroatoms. The second-order valence-corrected chi connectivity index (χ2v) is 5.62. The molecule has 1 aromatic rings. The molecule has 22 heavy (non-hydrogen) atoms. The number of nitro benzene ring substituents is 1. The van der Waals surface area contributed by atoms with Crippen LogP contribution in [0.5, 0.6) is 5.75 Å². The van der Waals surface area contributed by atoms with E-state index >= 15 is 0 Å². The molecule has 1 amide bonds. The Bertz CT molecular complexity index is 576. The maximum absolute atomic E-state index is 11.4. The normalized spacial score (nSPS) is 11.4. The number of hydrogen-bond donors (Lipinski definition) is 2. The molecule has 0 fully saturated rings. The number of alkyl carbamates (subject to hydrolysis) is 1. The van der Waals surface area contributed by atoms with Crippen molar-refractivity contribution in [2.24, 2.45) is 0 Å². The van der Waals surface area contributed by atoms with Crippen molar-refractivity contribution in [2.75, 3.05) is 6.54 Å². The zero-order valence-corrected chi connectivity index (χ0v) is 12.8. The second-order valence-electron chi connectivity index (χ2n) is 5.62. The number of carbonyl (C=O) groups excluding carboxylic acids is 1. The highest BCUT2D eigenvalue weighted by molar-refractivity contribution is 5.67. The second kappa shape index (κ2) is 7.44. The molecule has 1 aromatic carbocycles. The summed E-state index contributed by atoms with van der Waals surface area (Å²) >= 11 is 0. The fourth-order valence-corrected chi connectivity index (χ4v) is 1.61. The minimum absolute atomic E-state index is 0.157. The average Bonchev–Trinajstić information content (AvgIpc) is 2.37. The molecule has 0 aliphatic carbocycles. The van der Waals surface area contributed by atoms with Gasteiger partial charge in [-0.05, 0) is 39.3 Å². The molecule has 2 N–H and O–H groups in total. The average molecular weight is 308 g/mol. The molecule has 0 atom stereocenters. The van der Waals surface area contributed by atoms with E-state index in [0.29, 0.717) is 18.5 Å². The first-order valence-corrected chi connectivity index (χ1v) is 6.80. The number of benzene rings is 1. The van der Waals surface area contributed by atoms with Crippen molar-refractivity contribution in [1.82, 2.24) is 5.32 Å². The van der Waals surface area contributed by atoms with Crippen LogP contribution in [0.15, 0.2) is 24.3 Å². The minimum atomic E-state index is -0.557. The van der Waals surface area contributed by atoms with Gasteiger partial charge in [-0.2, -0.15) is 0 Å². The number of phenolic OH excluding ortho intramolecular Hbond substituents is 1. The summed E-state index contributed by atoms with van der Waals surface area (Å²) in [5.41, 5.74) is -0.330. The Morgan fingerprint density at radius 2 is 2.14 bits per heavy atom. The van der Waals surface area contributed by atoms with Crippen molar-refractivity contribution < 1.29 is 19.6 Å². The van der Waals surface area contributed by atoms with Crippen LogP contribution in [0.4, 0.5) is 10.5 Å². The highest BCUT2D eigenvalue weighted by atomic mass is 16.6. The molecule has 0 saturated carbocycles. The molecule has 0 aliphatic rings. The van der Waals surface area contributed by atoms with E-state index in [9.17, 15) is 20.0 Å². The first kappa shape index (κ1) is 17.5. The van der Waals surface area contributed by atoms with E-state index in [4.69, 9.17) is 4.74 Å². The van der Waals surface area contributed by atoms with E-state index in [1.54, 1.807) is 32.9 Å². The van der Waals surface area contributed by atoms with E-state index in [-0.39, 0.29) is 11.4 Å². The van der Waals surface area contributed by atoms with Crippen molar-refractivity contribution in [1.29, 1.82) is 0 Å². The summed E-state index contributed by atoms with van der Waals surface area (Å²) < 4.78 is 5.08. The number of hydrogen-bond acceptors (Lipinski definition) is 5. The zero-order chi connectivity index (χ0) is 16.8. The maximum Gasteiger partial charge on any atom is 0.407 e. The predicted molar refractivity (Wildman–Crippen MR) is 82.6 cm³/mol. The lowest BCUT2D eigenvalue weighted by Gasteiger charge is -2.19. The predicted octanol–water partition coefficient (Wildman–Crippen LogP) is 3.23. The Labute approximate surface area is 128 Å². The molecule has 120 valence electrons. The Morgan fingerprint density at radius 3 is 2.73 bits per heavy atom. The van der Waals surface area contributed by atoms with Crippen LogP contribution < -0.4 is 5.32 Å². The van der Waals surface area contributed by atoms with E-state index < -0.39 is 16.6 Å². The van der Waals surface area contributed by atoms with Gasteiger partial charge in [0.1, 0.15) is 11.4 Å². The quantitative estimate of drug-likeness (QED) is 0.494. The standard InChI is InChI=1S/C15H20N2O5/c1-15(2,3)22-14(19)16-9-5-4-6-11-7-8-12(18)10-13(11)17(20)21/h4,6-8,10,18H,5,9H2,1-3H3,(H,16,19). The summed E-state index contributed by atoms with van der Waals surface area (Å²) in [5.74, 6) is -0.157. The van der Waals surface area contributed by atoms with Crippen molar-refractivity contribution in [2.45, 2.75) is 32.8 Å². The van der Waals surface area contributed by atoms with Gasteiger partial charge in [-0.15, -0.1) is 0 Å². The lowest BCUT2D eigenvalue weighted by atomic mass is 10.1. The monoisotopic (exact) mass is 308 g/mol. The topological polar surface area (TPSA) is 102 Å². The summed E-state index contributed by atoms with van der Waals surface area (Å²) in [4.78, 5) is 21.7. The smallest absolute Gasteiger partial charge is 0.407 e. The maximum atomic E-state index is 11.4. The van der Waals surface area contributed by atoms with Crippen molar-refractivity contribution in [3.05, 3.63) is 40.0 Å². The molecule has 0 heterocycles. The van der Waals surface area contributed by atoms with Crippen LogP contribution in [0.25, 0.3) is 6.08 Å². The SMILES string of the molecule is CC(C)(C)OC(=O)NCCC=Cc1ccc(O)cc1[N+](=O)[O-]. The largest absolute Gasteiger partial charge is 0.508 e. The van der Waals surface area contributed by atoms with Gasteiger partial charge in [0.25, 0.3) is 5.69 Å². The van der Waals surface area contributed by atoms with Crippen LogP contribution in [0, 0.1) is 10.1 Å². The fraction of sp³-hybridized carbons (Fsp3) is 0.400. The third-order valence-electron chi connectivity index (χ3n) is 2.49. The number of aromatic hydroxyl groups is 1. The molecule has 0 spiro atoms. The molecule has 0 aliphatic heterocycles. The summed E-state index contributed by atoms with van der Waals surface area (Å²) in [6.45, 7) is 5.68. The third kappa shape index (κ3) is 6.25. The lowest BCUT2D eigenvalue weighted by Crippen LogP contribution is -2.32. The Balaban J connectivity index is 2.50. The van der Waals surface area contributed by atoms with Gasteiger partial charge in [-0.25, -0.2) is 4.79 Å². The third-order valence-corrected chi connectivity index (χ3v) is 2.49. The molecular formula is C15H20N2O5. The molecule has 0 unspecified atom stereocenters. The number of rotatable bonds is 5. The molecule has 1 rings (SSSR count). The molecule has 0 saturated heterocycles. The number of nitrogens with zero attached hydrogens (tertiary/aromatic N) is 1.